The Balaban J connectivity index is 2.18. The van der Waals surface area contributed by atoms with Gasteiger partial charge >= 0.3 is 0 Å². The standard InChI is InChI=1S/C11H8N4O2S2/c12-11-14-6-10(18-11)19(16,17)9-5-13-7-3-1-2-4-8(7)15-9/h1-6H,(H2,12,14). The number of thiazole rings is 1. The largest absolute Gasteiger partial charge is 0.375 e. The zero-order chi connectivity index (χ0) is 13.5. The highest BCUT2D eigenvalue weighted by Gasteiger charge is 2.22. The lowest BCUT2D eigenvalue weighted by atomic mass is 10.3. The summed E-state index contributed by atoms with van der Waals surface area (Å²) in [5, 5.41) is 0.0992. The van der Waals surface area contributed by atoms with Crippen molar-refractivity contribution in [2.24, 2.45) is 0 Å². The molecule has 0 unspecified atom stereocenters. The van der Waals surface area contributed by atoms with Crippen molar-refractivity contribution in [2.75, 3.05) is 5.73 Å². The molecule has 1 aromatic carbocycles. The van der Waals surface area contributed by atoms with E-state index in [4.69, 9.17) is 5.73 Å². The molecule has 0 spiro atoms. The molecule has 0 fully saturated rings. The third-order valence-electron chi connectivity index (χ3n) is 2.47. The second-order valence-corrected chi connectivity index (χ2v) is 6.90. The van der Waals surface area contributed by atoms with Crippen molar-refractivity contribution in [3.8, 4) is 0 Å². The van der Waals surface area contributed by atoms with Gasteiger partial charge in [-0.05, 0) is 12.1 Å². The molecule has 3 rings (SSSR count). The van der Waals surface area contributed by atoms with Gasteiger partial charge in [-0.25, -0.2) is 18.4 Å². The number of nitrogen functional groups attached to an aromatic ring is 1. The molecule has 6 nitrogen and oxygen atoms in total. The minimum atomic E-state index is -3.71. The van der Waals surface area contributed by atoms with Crippen LogP contribution in [0, 0.1) is 0 Å². The minimum Gasteiger partial charge on any atom is -0.375 e. The van der Waals surface area contributed by atoms with Gasteiger partial charge in [-0.3, -0.25) is 4.98 Å². The number of rotatable bonds is 2. The Morgan fingerprint density at radius 1 is 1.05 bits per heavy atom. The average Bonchev–Trinajstić information content (AvgIpc) is 2.85. The fraction of sp³-hybridized carbons (Fsp3) is 0. The number of benzene rings is 1. The van der Waals surface area contributed by atoms with Gasteiger partial charge in [0, 0.05) is 0 Å². The molecule has 0 saturated heterocycles. The number of para-hydroxylation sites is 2. The van der Waals surface area contributed by atoms with E-state index in [1.165, 1.54) is 12.4 Å². The molecule has 2 heterocycles. The molecule has 0 aliphatic heterocycles. The van der Waals surface area contributed by atoms with E-state index in [1.54, 1.807) is 18.2 Å². The Morgan fingerprint density at radius 2 is 1.79 bits per heavy atom. The van der Waals surface area contributed by atoms with E-state index in [1.807, 2.05) is 6.07 Å². The van der Waals surface area contributed by atoms with Crippen molar-refractivity contribution in [1.29, 1.82) is 0 Å². The van der Waals surface area contributed by atoms with Crippen molar-refractivity contribution in [3.63, 3.8) is 0 Å². The molecule has 0 aliphatic rings. The van der Waals surface area contributed by atoms with Crippen LogP contribution in [-0.2, 0) is 9.84 Å². The first-order valence-electron chi connectivity index (χ1n) is 5.25. The van der Waals surface area contributed by atoms with Crippen LogP contribution in [0.1, 0.15) is 0 Å². The van der Waals surface area contributed by atoms with Crippen molar-refractivity contribution >= 4 is 37.3 Å². The Hall–Kier alpha value is -2.06. The third kappa shape index (κ3) is 2.04. The van der Waals surface area contributed by atoms with Gasteiger partial charge in [0.15, 0.2) is 10.2 Å². The number of aromatic nitrogens is 3. The molecule has 0 amide bonds. The highest BCUT2D eigenvalue weighted by molar-refractivity contribution is 7.93. The Labute approximate surface area is 112 Å². The normalized spacial score (nSPS) is 11.8. The lowest BCUT2D eigenvalue weighted by Gasteiger charge is -2.01. The van der Waals surface area contributed by atoms with Gasteiger partial charge < -0.3 is 5.73 Å². The summed E-state index contributed by atoms with van der Waals surface area (Å²) in [6, 6.07) is 7.07. The summed E-state index contributed by atoms with van der Waals surface area (Å²) in [6.45, 7) is 0. The number of hydrogen-bond acceptors (Lipinski definition) is 7. The van der Waals surface area contributed by atoms with E-state index in [0.29, 0.717) is 11.0 Å². The molecule has 3 aromatic rings. The lowest BCUT2D eigenvalue weighted by molar-refractivity contribution is 0.594. The fourth-order valence-electron chi connectivity index (χ4n) is 1.57. The molecule has 0 aliphatic carbocycles. The average molecular weight is 292 g/mol. The van der Waals surface area contributed by atoms with Gasteiger partial charge in [0.2, 0.25) is 9.84 Å². The van der Waals surface area contributed by atoms with Crippen LogP contribution in [0.2, 0.25) is 0 Å². The maximum absolute atomic E-state index is 12.3. The topological polar surface area (TPSA) is 98.8 Å². The predicted molar refractivity (Wildman–Crippen MR) is 71.5 cm³/mol. The molecule has 8 heteroatoms. The summed E-state index contributed by atoms with van der Waals surface area (Å²) < 4.78 is 24.7. The maximum Gasteiger partial charge on any atom is 0.236 e. The van der Waals surface area contributed by atoms with Gasteiger partial charge in [0.05, 0.1) is 23.4 Å². The summed E-state index contributed by atoms with van der Waals surface area (Å²) in [4.78, 5) is 12.0. The zero-order valence-electron chi connectivity index (χ0n) is 9.52. The van der Waals surface area contributed by atoms with E-state index in [-0.39, 0.29) is 14.4 Å². The number of nitrogens with two attached hydrogens (primary N) is 1. The van der Waals surface area contributed by atoms with Crippen LogP contribution in [0.4, 0.5) is 5.13 Å². The summed E-state index contributed by atoms with van der Waals surface area (Å²) in [5.74, 6) is 0. The van der Waals surface area contributed by atoms with Crippen molar-refractivity contribution in [2.45, 2.75) is 9.24 Å². The molecule has 0 bridgehead atoms. The maximum atomic E-state index is 12.3. The summed E-state index contributed by atoms with van der Waals surface area (Å²) in [7, 11) is -3.71. The van der Waals surface area contributed by atoms with Crippen LogP contribution in [0.15, 0.2) is 45.9 Å². The molecule has 0 saturated carbocycles. The number of sulfone groups is 1. The summed E-state index contributed by atoms with van der Waals surface area (Å²) in [6.07, 6.45) is 2.47. The zero-order valence-corrected chi connectivity index (χ0v) is 11.1. The summed E-state index contributed by atoms with van der Waals surface area (Å²) >= 11 is 0.906. The number of fused-ring (bicyclic) bond motifs is 1. The van der Waals surface area contributed by atoms with Gasteiger partial charge in [-0.1, -0.05) is 23.5 Å². The molecular formula is C11H8N4O2S2. The minimum absolute atomic E-state index is 0.0644. The Morgan fingerprint density at radius 3 is 2.47 bits per heavy atom. The van der Waals surface area contributed by atoms with E-state index < -0.39 is 9.84 Å². The van der Waals surface area contributed by atoms with Gasteiger partial charge in [-0.2, -0.15) is 0 Å². The monoisotopic (exact) mass is 292 g/mol. The van der Waals surface area contributed by atoms with Crippen molar-refractivity contribution < 1.29 is 8.42 Å². The Bertz CT molecular complexity index is 858. The predicted octanol–water partition coefficient (Wildman–Crippen LogP) is 1.50. The first-order chi connectivity index (χ1) is 9.07. The Kier molecular flexibility index (Phi) is 2.68. The fourth-order valence-corrected chi connectivity index (χ4v) is 3.74. The second-order valence-electron chi connectivity index (χ2n) is 3.72. The van der Waals surface area contributed by atoms with Gasteiger partial charge in [0.25, 0.3) is 0 Å². The smallest absolute Gasteiger partial charge is 0.236 e. The van der Waals surface area contributed by atoms with E-state index in [0.717, 1.165) is 11.3 Å². The third-order valence-corrected chi connectivity index (χ3v) is 5.38. The van der Waals surface area contributed by atoms with E-state index in [2.05, 4.69) is 15.0 Å². The highest BCUT2D eigenvalue weighted by Crippen LogP contribution is 2.26. The second kappa shape index (κ2) is 4.25. The number of hydrogen-bond donors (Lipinski definition) is 1. The highest BCUT2D eigenvalue weighted by atomic mass is 32.2. The van der Waals surface area contributed by atoms with Crippen molar-refractivity contribution in [1.82, 2.24) is 15.0 Å². The van der Waals surface area contributed by atoms with Gasteiger partial charge in [-0.15, -0.1) is 0 Å². The SMILES string of the molecule is Nc1ncc(S(=O)(=O)c2cnc3ccccc3n2)s1. The number of nitrogens with zero attached hydrogens (tertiary/aromatic N) is 3. The van der Waals surface area contributed by atoms with Crippen LogP contribution in [-0.4, -0.2) is 23.4 Å². The molecule has 0 atom stereocenters. The number of anilines is 1. The quantitative estimate of drug-likeness (QED) is 0.768. The van der Waals surface area contributed by atoms with Crippen LogP contribution < -0.4 is 5.73 Å². The first kappa shape index (κ1) is 12.0. The van der Waals surface area contributed by atoms with Crippen LogP contribution >= 0.6 is 11.3 Å². The molecule has 2 aromatic heterocycles. The molecule has 2 N–H and O–H groups in total. The van der Waals surface area contributed by atoms with Crippen LogP contribution in [0.25, 0.3) is 11.0 Å². The molecule has 96 valence electrons. The lowest BCUT2D eigenvalue weighted by Crippen LogP contribution is -2.03. The first-order valence-corrected chi connectivity index (χ1v) is 7.55. The molecular weight excluding hydrogens is 284 g/mol. The van der Waals surface area contributed by atoms with Crippen molar-refractivity contribution in [3.05, 3.63) is 36.7 Å². The molecule has 0 radical (unpaired) electrons. The van der Waals surface area contributed by atoms with E-state index in [9.17, 15) is 8.42 Å². The summed E-state index contributed by atoms with van der Waals surface area (Å²) in [5.41, 5.74) is 6.62. The van der Waals surface area contributed by atoms with Crippen LogP contribution in [0.5, 0.6) is 0 Å². The van der Waals surface area contributed by atoms with E-state index >= 15 is 0 Å². The molecule has 19 heavy (non-hydrogen) atoms. The van der Waals surface area contributed by atoms with Gasteiger partial charge in [0.1, 0.15) is 4.21 Å². The van der Waals surface area contributed by atoms with Crippen LogP contribution in [0.3, 0.4) is 0 Å².